The largest absolute Gasteiger partial charge is 0.535 e. The minimum absolute atomic E-state index is 0.136. The number of carbonyl (C=O) groups excluding carboxylic acids is 1. The van der Waals surface area contributed by atoms with Gasteiger partial charge in [0, 0.05) is 0 Å². The molecule has 62 valence electrons. The summed E-state index contributed by atoms with van der Waals surface area (Å²) in [5.74, 6) is 0. The number of hydrogen-bond acceptors (Lipinski definition) is 4. The summed E-state index contributed by atoms with van der Waals surface area (Å²) in [5, 5.41) is 3.39. The SMILES string of the molecule is C=CCOC(=O)ON=C(C)C. The third-order valence-electron chi connectivity index (χ3n) is 0.622. The molecule has 0 unspecified atom stereocenters. The van der Waals surface area contributed by atoms with Crippen molar-refractivity contribution < 1.29 is 14.4 Å². The molecule has 0 heterocycles. The fourth-order valence-electron chi connectivity index (χ4n) is 0.282. The fourth-order valence-corrected chi connectivity index (χ4v) is 0.282. The predicted molar refractivity (Wildman–Crippen MR) is 41.4 cm³/mol. The van der Waals surface area contributed by atoms with E-state index in [0.29, 0.717) is 5.71 Å². The molecular weight excluding hydrogens is 146 g/mol. The molecule has 0 fully saturated rings. The van der Waals surface area contributed by atoms with Crippen molar-refractivity contribution in [2.75, 3.05) is 6.61 Å². The lowest BCUT2D eigenvalue weighted by atomic mass is 10.5. The van der Waals surface area contributed by atoms with E-state index in [1.54, 1.807) is 13.8 Å². The van der Waals surface area contributed by atoms with E-state index in [9.17, 15) is 4.79 Å². The normalized spacial score (nSPS) is 8.18. The third-order valence-corrected chi connectivity index (χ3v) is 0.622. The second-order valence-corrected chi connectivity index (χ2v) is 1.98. The summed E-state index contributed by atoms with van der Waals surface area (Å²) in [6, 6.07) is 0. The highest BCUT2D eigenvalue weighted by atomic mass is 16.8. The Bertz CT molecular complexity index is 171. The van der Waals surface area contributed by atoms with Gasteiger partial charge in [0.1, 0.15) is 6.61 Å². The van der Waals surface area contributed by atoms with Crippen LogP contribution < -0.4 is 0 Å². The standard InChI is InChI=1S/C7H11NO3/c1-4-5-10-7(9)11-8-6(2)3/h4H,1,5H2,2-3H3. The molecule has 0 aliphatic rings. The summed E-state index contributed by atoms with van der Waals surface area (Å²) in [5.41, 5.74) is 0.653. The monoisotopic (exact) mass is 157 g/mol. The van der Waals surface area contributed by atoms with Gasteiger partial charge in [0.2, 0.25) is 0 Å². The van der Waals surface area contributed by atoms with Crippen LogP contribution >= 0.6 is 0 Å². The molecule has 0 saturated heterocycles. The van der Waals surface area contributed by atoms with Crippen molar-refractivity contribution in [1.29, 1.82) is 0 Å². The maximum absolute atomic E-state index is 10.5. The topological polar surface area (TPSA) is 47.9 Å². The number of hydrogen-bond donors (Lipinski definition) is 0. The first-order valence-electron chi connectivity index (χ1n) is 3.12. The molecule has 11 heavy (non-hydrogen) atoms. The molecule has 0 N–H and O–H groups in total. The number of carbonyl (C=O) groups is 1. The molecule has 0 aromatic rings. The molecule has 0 aromatic carbocycles. The molecule has 0 aromatic heterocycles. The highest BCUT2D eigenvalue weighted by Crippen LogP contribution is 1.87. The number of nitrogens with zero attached hydrogens (tertiary/aromatic N) is 1. The second-order valence-electron chi connectivity index (χ2n) is 1.98. The summed E-state index contributed by atoms with van der Waals surface area (Å²) in [7, 11) is 0. The van der Waals surface area contributed by atoms with Crippen molar-refractivity contribution in [3.8, 4) is 0 Å². The Hall–Kier alpha value is -1.32. The van der Waals surface area contributed by atoms with E-state index in [2.05, 4.69) is 21.3 Å². The van der Waals surface area contributed by atoms with Gasteiger partial charge < -0.3 is 4.74 Å². The van der Waals surface area contributed by atoms with Crippen LogP contribution in [0.1, 0.15) is 13.8 Å². The number of ether oxygens (including phenoxy) is 1. The van der Waals surface area contributed by atoms with Crippen LogP contribution in [0.3, 0.4) is 0 Å². The molecule has 0 aliphatic carbocycles. The number of oxime groups is 1. The van der Waals surface area contributed by atoms with Gasteiger partial charge in [0.15, 0.2) is 0 Å². The van der Waals surface area contributed by atoms with Crippen molar-refractivity contribution >= 4 is 11.9 Å². The zero-order chi connectivity index (χ0) is 8.69. The van der Waals surface area contributed by atoms with E-state index < -0.39 is 6.16 Å². The van der Waals surface area contributed by atoms with Gasteiger partial charge in [-0.1, -0.05) is 17.8 Å². The maximum Gasteiger partial charge on any atom is 0.535 e. The Kier molecular flexibility index (Phi) is 4.81. The lowest BCUT2D eigenvalue weighted by Gasteiger charge is -1.96. The van der Waals surface area contributed by atoms with Gasteiger partial charge in [-0.3, -0.25) is 4.84 Å². The van der Waals surface area contributed by atoms with Gasteiger partial charge in [0.25, 0.3) is 0 Å². The van der Waals surface area contributed by atoms with Crippen molar-refractivity contribution in [2.45, 2.75) is 13.8 Å². The molecule has 4 heteroatoms. The first-order valence-corrected chi connectivity index (χ1v) is 3.12. The average Bonchev–Trinajstić information content (AvgIpc) is 1.97. The van der Waals surface area contributed by atoms with Crippen molar-refractivity contribution in [3.05, 3.63) is 12.7 Å². The second kappa shape index (κ2) is 5.46. The van der Waals surface area contributed by atoms with Gasteiger partial charge in [-0.15, -0.1) is 0 Å². The predicted octanol–water partition coefficient (Wildman–Crippen LogP) is 1.72. The Labute approximate surface area is 65.5 Å². The molecule has 0 spiro atoms. The highest BCUT2D eigenvalue weighted by Gasteiger charge is 1.99. The first kappa shape index (κ1) is 9.68. The summed E-state index contributed by atoms with van der Waals surface area (Å²) in [6.07, 6.45) is 0.634. The summed E-state index contributed by atoms with van der Waals surface area (Å²) in [6.45, 7) is 6.91. The molecular formula is C7H11NO3. The van der Waals surface area contributed by atoms with E-state index in [0.717, 1.165) is 0 Å². The zero-order valence-electron chi connectivity index (χ0n) is 6.66. The van der Waals surface area contributed by atoms with Gasteiger partial charge in [-0.2, -0.15) is 0 Å². The van der Waals surface area contributed by atoms with Gasteiger partial charge in [0.05, 0.1) is 5.71 Å². The van der Waals surface area contributed by atoms with Crippen LogP contribution in [0, 0.1) is 0 Å². The molecule has 0 saturated carbocycles. The zero-order valence-corrected chi connectivity index (χ0v) is 6.66. The average molecular weight is 157 g/mol. The van der Waals surface area contributed by atoms with Crippen LogP contribution in [0.2, 0.25) is 0 Å². The van der Waals surface area contributed by atoms with Gasteiger partial charge >= 0.3 is 6.16 Å². The third kappa shape index (κ3) is 6.57. The minimum atomic E-state index is -0.814. The Morgan fingerprint density at radius 2 is 2.27 bits per heavy atom. The minimum Gasteiger partial charge on any atom is -0.428 e. The Morgan fingerprint density at radius 3 is 2.73 bits per heavy atom. The molecule has 0 amide bonds. The lowest BCUT2D eigenvalue weighted by molar-refractivity contribution is 0.0655. The van der Waals surface area contributed by atoms with Crippen molar-refractivity contribution in [2.24, 2.45) is 5.16 Å². The molecule has 0 radical (unpaired) electrons. The van der Waals surface area contributed by atoms with Crippen LogP contribution in [-0.2, 0) is 9.57 Å². The Balaban J connectivity index is 3.53. The molecule has 0 rings (SSSR count). The van der Waals surface area contributed by atoms with E-state index in [1.165, 1.54) is 6.08 Å². The molecule has 4 nitrogen and oxygen atoms in total. The van der Waals surface area contributed by atoms with Gasteiger partial charge in [-0.25, -0.2) is 4.79 Å². The fraction of sp³-hybridized carbons (Fsp3) is 0.429. The highest BCUT2D eigenvalue weighted by molar-refractivity contribution is 5.79. The summed E-state index contributed by atoms with van der Waals surface area (Å²) in [4.78, 5) is 14.8. The maximum atomic E-state index is 10.5. The number of rotatable bonds is 3. The summed E-state index contributed by atoms with van der Waals surface area (Å²) < 4.78 is 4.46. The van der Waals surface area contributed by atoms with Crippen LogP contribution in [0.5, 0.6) is 0 Å². The van der Waals surface area contributed by atoms with Crippen LogP contribution in [0.25, 0.3) is 0 Å². The quantitative estimate of drug-likeness (QED) is 0.206. The molecule has 0 atom stereocenters. The van der Waals surface area contributed by atoms with Gasteiger partial charge in [-0.05, 0) is 13.8 Å². The van der Waals surface area contributed by atoms with Crippen LogP contribution in [0.15, 0.2) is 17.8 Å². The van der Waals surface area contributed by atoms with Crippen molar-refractivity contribution in [1.82, 2.24) is 0 Å². The first-order chi connectivity index (χ1) is 5.16. The van der Waals surface area contributed by atoms with Crippen molar-refractivity contribution in [3.63, 3.8) is 0 Å². The lowest BCUT2D eigenvalue weighted by Crippen LogP contribution is -2.04. The molecule has 0 bridgehead atoms. The Morgan fingerprint density at radius 1 is 1.64 bits per heavy atom. The smallest absolute Gasteiger partial charge is 0.428 e. The van der Waals surface area contributed by atoms with Crippen LogP contribution in [-0.4, -0.2) is 18.5 Å². The van der Waals surface area contributed by atoms with Crippen LogP contribution in [0.4, 0.5) is 4.79 Å². The molecule has 0 aliphatic heterocycles. The van der Waals surface area contributed by atoms with E-state index in [4.69, 9.17) is 0 Å². The van der Waals surface area contributed by atoms with E-state index in [1.807, 2.05) is 0 Å². The van der Waals surface area contributed by atoms with E-state index in [-0.39, 0.29) is 6.61 Å². The van der Waals surface area contributed by atoms with E-state index >= 15 is 0 Å². The summed E-state index contributed by atoms with van der Waals surface area (Å²) >= 11 is 0.